The van der Waals surface area contributed by atoms with E-state index in [1.165, 1.54) is 18.2 Å². The van der Waals surface area contributed by atoms with E-state index in [0.717, 1.165) is 37.3 Å². The Labute approximate surface area is 254 Å². The van der Waals surface area contributed by atoms with Crippen molar-refractivity contribution in [2.24, 2.45) is 0 Å². The molecular formula is C30H36F3N7O3Si. The highest BCUT2D eigenvalue weighted by Crippen LogP contribution is 2.40. The van der Waals surface area contributed by atoms with E-state index in [1.807, 2.05) is 11.9 Å². The molecule has 0 amide bonds. The van der Waals surface area contributed by atoms with Crippen LogP contribution in [0.15, 0.2) is 54.7 Å². The first-order chi connectivity index (χ1) is 20.8. The number of nitrogens with zero attached hydrogens (tertiary/aromatic N) is 6. The van der Waals surface area contributed by atoms with E-state index < -0.39 is 41.7 Å². The van der Waals surface area contributed by atoms with Crippen molar-refractivity contribution in [3.05, 3.63) is 81.9 Å². The fraction of sp³-hybridized carbons (Fsp3) is 0.400. The van der Waals surface area contributed by atoms with Crippen molar-refractivity contribution in [3.8, 4) is 0 Å². The molecule has 5 rings (SSSR count). The van der Waals surface area contributed by atoms with Gasteiger partial charge in [0.1, 0.15) is 23.9 Å². The summed E-state index contributed by atoms with van der Waals surface area (Å²) in [5, 5.41) is 14.3. The second-order valence-corrected chi connectivity index (χ2v) is 17.9. The molecule has 1 saturated heterocycles. The van der Waals surface area contributed by atoms with Gasteiger partial charge in [-0.05, 0) is 37.4 Å². The first kappa shape index (κ1) is 31.4. The number of likely N-dealkylation sites (N-methyl/N-ethyl adjacent to an activating group) is 1. The molecule has 0 radical (unpaired) electrons. The normalized spacial score (nSPS) is 14.8. The standard InChI is InChI=1S/C30H36F3N7O3Si/c1-37-12-14-38(15-13-37)26-9-8-22(19-25(26)31)34-29-35-27(30(32,33)21-6-5-7-23(18-21)40(41)42)24-10-11-39(28(24)36-29)20-43-16-17-44(2,3)4/h5-11,18-19H,12-17,20H2,1-4H3,(H,34,35,36). The van der Waals surface area contributed by atoms with Crippen LogP contribution < -0.4 is 10.2 Å². The topological polar surface area (TPSA) is 102 Å². The second-order valence-electron chi connectivity index (χ2n) is 12.2. The SMILES string of the molecule is CN1CCN(c2ccc(Nc3nc(C(F)(F)c4cccc([N+](=O)[O-])c4)c4ccn(COCC[Si](C)(C)C)c4n3)cc2F)CC1. The van der Waals surface area contributed by atoms with Gasteiger partial charge in [0.2, 0.25) is 5.95 Å². The monoisotopic (exact) mass is 627 g/mol. The Bertz CT molecular complexity index is 1650. The Balaban J connectivity index is 1.50. The fourth-order valence-electron chi connectivity index (χ4n) is 4.97. The minimum Gasteiger partial charge on any atom is -0.367 e. The summed E-state index contributed by atoms with van der Waals surface area (Å²) in [5.74, 6) is -4.35. The van der Waals surface area contributed by atoms with E-state index >= 15 is 13.2 Å². The largest absolute Gasteiger partial charge is 0.367 e. The molecule has 2 aromatic heterocycles. The number of piperazine rings is 1. The number of nitro benzene ring substituents is 1. The maximum atomic E-state index is 16.1. The van der Waals surface area contributed by atoms with Gasteiger partial charge < -0.3 is 24.4 Å². The number of non-ortho nitro benzene ring substituents is 1. The summed E-state index contributed by atoms with van der Waals surface area (Å²) in [7, 11) is 0.673. The minimum atomic E-state index is -3.72. The highest BCUT2D eigenvalue weighted by molar-refractivity contribution is 6.76. The lowest BCUT2D eigenvalue weighted by atomic mass is 10.0. The van der Waals surface area contributed by atoms with Gasteiger partial charge in [-0.3, -0.25) is 10.1 Å². The lowest BCUT2D eigenvalue weighted by Gasteiger charge is -2.34. The van der Waals surface area contributed by atoms with Crippen molar-refractivity contribution >= 4 is 42.1 Å². The van der Waals surface area contributed by atoms with E-state index in [1.54, 1.807) is 22.9 Å². The van der Waals surface area contributed by atoms with Crippen LogP contribution in [0.25, 0.3) is 11.0 Å². The number of anilines is 3. The number of nitro groups is 1. The predicted molar refractivity (Wildman–Crippen MR) is 167 cm³/mol. The van der Waals surface area contributed by atoms with Gasteiger partial charge >= 0.3 is 5.92 Å². The highest BCUT2D eigenvalue weighted by Gasteiger charge is 2.39. The summed E-state index contributed by atoms with van der Waals surface area (Å²) < 4.78 is 55.0. The van der Waals surface area contributed by atoms with Crippen molar-refractivity contribution in [3.63, 3.8) is 0 Å². The van der Waals surface area contributed by atoms with Crippen LogP contribution in [0.4, 0.5) is 36.2 Å². The molecule has 3 heterocycles. The molecule has 0 aliphatic carbocycles. The number of alkyl halides is 2. The minimum absolute atomic E-state index is 0.0671. The van der Waals surface area contributed by atoms with Crippen molar-refractivity contribution in [1.29, 1.82) is 0 Å². The average molecular weight is 628 g/mol. The molecule has 1 aliphatic heterocycles. The summed E-state index contributed by atoms with van der Waals surface area (Å²) in [6.45, 7) is 10.3. The van der Waals surface area contributed by atoms with Gasteiger partial charge in [0.05, 0.1) is 10.6 Å². The molecule has 0 saturated carbocycles. The number of nitrogens with one attached hydrogen (secondary N) is 1. The predicted octanol–water partition coefficient (Wildman–Crippen LogP) is 6.43. The third-order valence-corrected chi connectivity index (χ3v) is 9.31. The Morgan fingerprint density at radius 3 is 2.50 bits per heavy atom. The number of hydrogen-bond acceptors (Lipinski definition) is 8. The van der Waals surface area contributed by atoms with Gasteiger partial charge in [-0.15, -0.1) is 0 Å². The van der Waals surface area contributed by atoms with Crippen molar-refractivity contribution in [2.45, 2.75) is 38.3 Å². The van der Waals surface area contributed by atoms with E-state index in [2.05, 4.69) is 39.8 Å². The van der Waals surface area contributed by atoms with Gasteiger partial charge in [-0.2, -0.15) is 13.8 Å². The van der Waals surface area contributed by atoms with Crippen LogP contribution in [0.5, 0.6) is 0 Å². The molecule has 1 fully saturated rings. The molecule has 0 atom stereocenters. The quantitative estimate of drug-likeness (QED) is 0.0879. The maximum Gasteiger partial charge on any atom is 0.316 e. The molecule has 10 nitrogen and oxygen atoms in total. The Kier molecular flexibility index (Phi) is 8.95. The molecule has 14 heteroatoms. The first-order valence-corrected chi connectivity index (χ1v) is 18.1. The number of hydrogen-bond donors (Lipinski definition) is 1. The number of halogens is 3. The van der Waals surface area contributed by atoms with Crippen molar-refractivity contribution < 1.29 is 22.8 Å². The highest BCUT2D eigenvalue weighted by atomic mass is 28.3. The lowest BCUT2D eigenvalue weighted by Crippen LogP contribution is -2.44. The smallest absolute Gasteiger partial charge is 0.316 e. The maximum absolute atomic E-state index is 16.1. The number of ether oxygens (including phenoxy) is 1. The lowest BCUT2D eigenvalue weighted by molar-refractivity contribution is -0.385. The van der Waals surface area contributed by atoms with Crippen LogP contribution in [0.2, 0.25) is 25.7 Å². The number of rotatable bonds is 11. The van der Waals surface area contributed by atoms with Gasteiger partial charge in [0.15, 0.2) is 0 Å². The van der Waals surface area contributed by atoms with Crippen LogP contribution in [-0.4, -0.2) is 72.3 Å². The van der Waals surface area contributed by atoms with E-state index in [9.17, 15) is 10.1 Å². The van der Waals surface area contributed by atoms with Gasteiger partial charge in [0, 0.05) is 75.8 Å². The third-order valence-electron chi connectivity index (χ3n) is 7.61. The summed E-state index contributed by atoms with van der Waals surface area (Å²) in [6.07, 6.45) is 1.59. The molecule has 2 aromatic carbocycles. The summed E-state index contributed by atoms with van der Waals surface area (Å²) in [4.78, 5) is 23.4. The molecule has 1 N–H and O–H groups in total. The first-order valence-electron chi connectivity index (χ1n) is 14.4. The molecule has 0 bridgehead atoms. The van der Waals surface area contributed by atoms with Gasteiger partial charge in [0.25, 0.3) is 5.69 Å². The number of fused-ring (bicyclic) bond motifs is 1. The summed E-state index contributed by atoms with van der Waals surface area (Å²) in [5.41, 5.74) is -0.753. The van der Waals surface area contributed by atoms with Gasteiger partial charge in [-0.1, -0.05) is 31.8 Å². The Morgan fingerprint density at radius 1 is 1.07 bits per heavy atom. The summed E-state index contributed by atoms with van der Waals surface area (Å²) >= 11 is 0. The van der Waals surface area contributed by atoms with Crippen LogP contribution >= 0.6 is 0 Å². The third kappa shape index (κ3) is 7.03. The van der Waals surface area contributed by atoms with Crippen molar-refractivity contribution in [1.82, 2.24) is 19.4 Å². The van der Waals surface area contributed by atoms with E-state index in [-0.39, 0.29) is 29.4 Å². The molecule has 234 valence electrons. The zero-order chi connectivity index (χ0) is 31.6. The fourth-order valence-corrected chi connectivity index (χ4v) is 5.73. The van der Waals surface area contributed by atoms with Crippen molar-refractivity contribution in [2.75, 3.05) is 50.1 Å². The molecule has 1 aliphatic rings. The van der Waals surface area contributed by atoms with Gasteiger partial charge in [-0.25, -0.2) is 9.37 Å². The molecular weight excluding hydrogens is 591 g/mol. The van der Waals surface area contributed by atoms with E-state index in [0.29, 0.717) is 25.4 Å². The second kappa shape index (κ2) is 12.5. The summed E-state index contributed by atoms with van der Waals surface area (Å²) in [6, 6.07) is 11.3. The van der Waals surface area contributed by atoms with Crippen LogP contribution in [0, 0.1) is 15.9 Å². The van der Waals surface area contributed by atoms with E-state index in [4.69, 9.17) is 4.74 Å². The molecule has 0 spiro atoms. The average Bonchev–Trinajstić information content (AvgIpc) is 3.38. The Morgan fingerprint density at radius 2 is 1.82 bits per heavy atom. The zero-order valence-corrected chi connectivity index (χ0v) is 26.2. The Hall–Kier alpha value is -4.01. The number of aromatic nitrogens is 3. The van der Waals surface area contributed by atoms with Crippen LogP contribution in [0.1, 0.15) is 11.3 Å². The number of benzene rings is 2. The molecule has 4 aromatic rings. The molecule has 44 heavy (non-hydrogen) atoms. The molecule has 0 unspecified atom stereocenters. The van der Waals surface area contributed by atoms with Crippen LogP contribution in [-0.2, 0) is 17.4 Å². The van der Waals surface area contributed by atoms with Crippen LogP contribution in [0.3, 0.4) is 0 Å². The zero-order valence-electron chi connectivity index (χ0n) is 25.2.